The Morgan fingerprint density at radius 3 is 2.02 bits per heavy atom. The Hall–Kier alpha value is -3.85. The molecule has 1 atom stereocenters. The summed E-state index contributed by atoms with van der Waals surface area (Å²) in [5.41, 5.74) is 3.20. The van der Waals surface area contributed by atoms with Gasteiger partial charge < -0.3 is 15.0 Å². The van der Waals surface area contributed by atoms with Crippen molar-refractivity contribution in [3.8, 4) is 5.75 Å². The van der Waals surface area contributed by atoms with Crippen molar-refractivity contribution in [3.05, 3.63) is 89.5 Å². The minimum absolute atomic E-state index is 0.0795. The first kappa shape index (κ1) is 32.1. The zero-order chi connectivity index (χ0) is 31.0. The summed E-state index contributed by atoms with van der Waals surface area (Å²) in [6.45, 7) is 7.80. The molecule has 3 aromatic rings. The van der Waals surface area contributed by atoms with E-state index in [1.165, 1.54) is 4.90 Å². The molecule has 1 aliphatic rings. The van der Waals surface area contributed by atoms with E-state index in [1.54, 1.807) is 48.5 Å². The fourth-order valence-electron chi connectivity index (χ4n) is 5.42. The van der Waals surface area contributed by atoms with Crippen molar-refractivity contribution in [1.82, 2.24) is 10.2 Å². The highest BCUT2D eigenvalue weighted by molar-refractivity contribution is 7.92. The first-order valence-corrected chi connectivity index (χ1v) is 16.5. The van der Waals surface area contributed by atoms with Gasteiger partial charge in [-0.25, -0.2) is 8.42 Å². The number of benzene rings is 3. The average Bonchev–Trinajstić information content (AvgIpc) is 3.50. The summed E-state index contributed by atoms with van der Waals surface area (Å²) < 4.78 is 34.8. The van der Waals surface area contributed by atoms with Crippen molar-refractivity contribution in [3.63, 3.8) is 0 Å². The molecule has 1 N–H and O–H groups in total. The maximum atomic E-state index is 14.3. The van der Waals surface area contributed by atoms with E-state index in [2.05, 4.69) is 5.32 Å². The number of nitrogens with zero attached hydrogens (tertiary/aromatic N) is 2. The van der Waals surface area contributed by atoms with Crippen LogP contribution in [0.5, 0.6) is 5.75 Å². The largest absolute Gasteiger partial charge is 0.494 e. The Bertz CT molecular complexity index is 1470. The standard InChI is InChI=1S/C34H43N3O5S/c1-5-32(34(39)35-28-9-7-8-10-28)36(23-27-15-11-25(3)12-16-27)33(38)24-37(29-17-19-30(20-18-29)42-6-2)43(40,41)31-21-13-26(4)14-22-31/h11-22,28,32H,5-10,23-24H2,1-4H3,(H,35,39)/t32-/m0/s1. The highest BCUT2D eigenvalue weighted by Crippen LogP contribution is 2.27. The van der Waals surface area contributed by atoms with Gasteiger partial charge in [0.05, 0.1) is 17.2 Å². The van der Waals surface area contributed by atoms with Crippen LogP contribution in [0.1, 0.15) is 62.6 Å². The molecular formula is C34H43N3O5S. The minimum Gasteiger partial charge on any atom is -0.494 e. The number of sulfonamides is 1. The lowest BCUT2D eigenvalue weighted by atomic mass is 10.1. The summed E-state index contributed by atoms with van der Waals surface area (Å²) in [5.74, 6) is -0.0664. The van der Waals surface area contributed by atoms with Crippen LogP contribution >= 0.6 is 0 Å². The lowest BCUT2D eigenvalue weighted by Gasteiger charge is -2.34. The number of nitrogens with one attached hydrogen (secondary N) is 1. The molecule has 0 heterocycles. The summed E-state index contributed by atoms with van der Waals surface area (Å²) >= 11 is 0. The van der Waals surface area contributed by atoms with Crippen LogP contribution in [0, 0.1) is 13.8 Å². The van der Waals surface area contributed by atoms with Gasteiger partial charge in [0.1, 0.15) is 18.3 Å². The number of anilines is 1. The van der Waals surface area contributed by atoms with Crippen molar-refractivity contribution in [2.24, 2.45) is 0 Å². The second-order valence-corrected chi connectivity index (χ2v) is 13.0. The Morgan fingerprint density at radius 1 is 0.884 bits per heavy atom. The van der Waals surface area contributed by atoms with E-state index in [9.17, 15) is 18.0 Å². The lowest BCUT2D eigenvalue weighted by Crippen LogP contribution is -2.53. The van der Waals surface area contributed by atoms with E-state index in [1.807, 2.05) is 52.0 Å². The van der Waals surface area contributed by atoms with E-state index in [0.717, 1.165) is 46.7 Å². The highest BCUT2D eigenvalue weighted by Gasteiger charge is 2.34. The molecule has 1 saturated carbocycles. The Morgan fingerprint density at radius 2 is 1.47 bits per heavy atom. The van der Waals surface area contributed by atoms with Gasteiger partial charge in [0.15, 0.2) is 0 Å². The second-order valence-electron chi connectivity index (χ2n) is 11.2. The topological polar surface area (TPSA) is 96.0 Å². The van der Waals surface area contributed by atoms with Gasteiger partial charge in [0.2, 0.25) is 11.8 Å². The third-order valence-corrected chi connectivity index (χ3v) is 9.67. The van der Waals surface area contributed by atoms with E-state index >= 15 is 0 Å². The number of ether oxygens (including phenoxy) is 1. The molecule has 2 amide bonds. The minimum atomic E-state index is -4.13. The number of rotatable bonds is 13. The third kappa shape index (κ3) is 8.16. The number of hydrogen-bond acceptors (Lipinski definition) is 5. The maximum Gasteiger partial charge on any atom is 0.264 e. The van der Waals surface area contributed by atoms with Gasteiger partial charge in [-0.15, -0.1) is 0 Å². The van der Waals surface area contributed by atoms with Crippen molar-refractivity contribution >= 4 is 27.5 Å². The van der Waals surface area contributed by atoms with Crippen LogP contribution in [0.4, 0.5) is 5.69 Å². The van der Waals surface area contributed by atoms with E-state index in [4.69, 9.17) is 4.74 Å². The first-order chi connectivity index (χ1) is 20.6. The molecule has 0 radical (unpaired) electrons. The van der Waals surface area contributed by atoms with Gasteiger partial charge >= 0.3 is 0 Å². The summed E-state index contributed by atoms with van der Waals surface area (Å²) in [6, 6.07) is 20.4. The van der Waals surface area contributed by atoms with Crippen LogP contribution in [0.25, 0.3) is 0 Å². The van der Waals surface area contributed by atoms with Crippen molar-refractivity contribution in [1.29, 1.82) is 0 Å². The lowest BCUT2D eigenvalue weighted by molar-refractivity contribution is -0.140. The van der Waals surface area contributed by atoms with Crippen molar-refractivity contribution in [2.75, 3.05) is 17.5 Å². The molecule has 0 aliphatic heterocycles. The van der Waals surface area contributed by atoms with Crippen LogP contribution in [-0.2, 0) is 26.2 Å². The van der Waals surface area contributed by atoms with Gasteiger partial charge in [-0.3, -0.25) is 13.9 Å². The number of aryl methyl sites for hydroxylation is 2. The summed E-state index contributed by atoms with van der Waals surface area (Å²) in [6.07, 6.45) is 4.38. The smallest absolute Gasteiger partial charge is 0.264 e. The van der Waals surface area contributed by atoms with Gasteiger partial charge in [-0.05, 0) is 82.0 Å². The zero-order valence-corrected chi connectivity index (χ0v) is 26.4. The van der Waals surface area contributed by atoms with Crippen LogP contribution in [-0.4, -0.2) is 50.4 Å². The Labute approximate surface area is 256 Å². The number of amides is 2. The molecule has 1 fully saturated rings. The average molecular weight is 606 g/mol. The molecule has 0 aromatic heterocycles. The molecule has 230 valence electrons. The molecule has 4 rings (SSSR count). The molecule has 0 bridgehead atoms. The third-order valence-electron chi connectivity index (χ3n) is 7.88. The SMILES string of the molecule is CCOc1ccc(N(CC(=O)N(Cc2ccc(C)cc2)[C@@H](CC)C(=O)NC2CCCC2)S(=O)(=O)c2ccc(C)cc2)cc1. The second kappa shape index (κ2) is 14.6. The quantitative estimate of drug-likeness (QED) is 0.267. The molecule has 9 heteroatoms. The number of carbonyl (C=O) groups excluding carboxylic acids is 2. The molecule has 1 aliphatic carbocycles. The van der Waals surface area contributed by atoms with Gasteiger partial charge in [-0.2, -0.15) is 0 Å². The maximum absolute atomic E-state index is 14.3. The summed E-state index contributed by atoms with van der Waals surface area (Å²) in [5, 5.41) is 3.15. The van der Waals surface area contributed by atoms with Gasteiger partial charge in [0, 0.05) is 12.6 Å². The molecule has 0 unspecified atom stereocenters. The predicted octanol–water partition coefficient (Wildman–Crippen LogP) is 5.76. The van der Waals surface area contributed by atoms with Crippen LogP contribution < -0.4 is 14.4 Å². The van der Waals surface area contributed by atoms with Crippen LogP contribution in [0.15, 0.2) is 77.7 Å². The van der Waals surface area contributed by atoms with Crippen molar-refractivity contribution < 1.29 is 22.7 Å². The molecule has 0 saturated heterocycles. The Balaban J connectivity index is 1.71. The molecular weight excluding hydrogens is 562 g/mol. The Kier molecular flexibility index (Phi) is 10.9. The fraction of sp³-hybridized carbons (Fsp3) is 0.412. The van der Waals surface area contributed by atoms with Crippen LogP contribution in [0.2, 0.25) is 0 Å². The van der Waals surface area contributed by atoms with E-state index < -0.39 is 28.5 Å². The van der Waals surface area contributed by atoms with Crippen LogP contribution in [0.3, 0.4) is 0 Å². The molecule has 43 heavy (non-hydrogen) atoms. The summed E-state index contributed by atoms with van der Waals surface area (Å²) in [4.78, 5) is 29.4. The van der Waals surface area contributed by atoms with Gasteiger partial charge in [0.25, 0.3) is 10.0 Å². The normalized spacial score (nSPS) is 14.2. The number of carbonyl (C=O) groups is 2. The highest BCUT2D eigenvalue weighted by atomic mass is 32.2. The summed E-state index contributed by atoms with van der Waals surface area (Å²) in [7, 11) is -4.13. The molecule has 8 nitrogen and oxygen atoms in total. The fourth-order valence-corrected chi connectivity index (χ4v) is 6.83. The van der Waals surface area contributed by atoms with Gasteiger partial charge in [-0.1, -0.05) is 67.3 Å². The predicted molar refractivity (Wildman–Crippen MR) is 170 cm³/mol. The van der Waals surface area contributed by atoms with E-state index in [-0.39, 0.29) is 23.4 Å². The van der Waals surface area contributed by atoms with Crippen molar-refractivity contribution in [2.45, 2.75) is 83.3 Å². The molecule has 0 spiro atoms. The number of hydrogen-bond donors (Lipinski definition) is 1. The zero-order valence-electron chi connectivity index (χ0n) is 25.6. The monoisotopic (exact) mass is 605 g/mol. The first-order valence-electron chi connectivity index (χ1n) is 15.1. The van der Waals surface area contributed by atoms with E-state index in [0.29, 0.717) is 24.5 Å². The molecule has 3 aromatic carbocycles.